The highest BCUT2D eigenvalue weighted by Crippen LogP contribution is 2.30. The summed E-state index contributed by atoms with van der Waals surface area (Å²) in [6.45, 7) is 5.47. The zero-order valence-corrected chi connectivity index (χ0v) is 20.2. The fourth-order valence-electron chi connectivity index (χ4n) is 4.89. The van der Waals surface area contributed by atoms with Gasteiger partial charge in [0, 0.05) is 31.4 Å². The van der Waals surface area contributed by atoms with Crippen molar-refractivity contribution in [2.45, 2.75) is 52.1 Å². The number of hydrogen-bond donors (Lipinski definition) is 2. The van der Waals surface area contributed by atoms with Gasteiger partial charge in [0.05, 0.1) is 18.5 Å². The molecular weight excluding hydrogens is 432 g/mol. The normalized spacial score (nSPS) is 16.2. The Bertz CT molecular complexity index is 1240. The first-order valence-electron chi connectivity index (χ1n) is 11.6. The lowest BCUT2D eigenvalue weighted by atomic mass is 10.00. The number of anilines is 1. The highest BCUT2D eigenvalue weighted by molar-refractivity contribution is 5.91. The Morgan fingerprint density at radius 1 is 1.29 bits per heavy atom. The number of aromatic nitrogens is 3. The van der Waals surface area contributed by atoms with E-state index in [2.05, 4.69) is 15.3 Å². The van der Waals surface area contributed by atoms with Gasteiger partial charge in [0.25, 0.3) is 0 Å². The molecule has 0 spiro atoms. The van der Waals surface area contributed by atoms with Crippen molar-refractivity contribution in [3.8, 4) is 5.88 Å². The Labute approximate surface area is 199 Å². The number of rotatable bonds is 8. The summed E-state index contributed by atoms with van der Waals surface area (Å²) in [6.07, 6.45) is 2.67. The van der Waals surface area contributed by atoms with Gasteiger partial charge in [-0.25, -0.2) is 9.67 Å². The smallest absolute Gasteiger partial charge is 0.242 e. The highest BCUT2D eigenvalue weighted by atomic mass is 16.5. The summed E-state index contributed by atoms with van der Waals surface area (Å²) < 4.78 is 7.14. The molecule has 1 atom stereocenters. The number of benzene rings is 1. The molecule has 34 heavy (non-hydrogen) atoms. The fraction of sp³-hybridized carbons (Fsp3) is 0.440. The van der Waals surface area contributed by atoms with Crippen LogP contribution in [0, 0.1) is 13.8 Å². The molecular formula is C25H32N6O3. The van der Waals surface area contributed by atoms with Crippen LogP contribution in [-0.4, -0.2) is 51.2 Å². The predicted octanol–water partition coefficient (Wildman–Crippen LogP) is 2.61. The number of nitrogens with zero attached hydrogens (tertiary/aromatic N) is 4. The van der Waals surface area contributed by atoms with E-state index in [1.165, 1.54) is 0 Å². The third kappa shape index (κ3) is 4.75. The number of nitrogens with one attached hydrogen (secondary N) is 1. The number of carbonyl (C=O) groups excluding carboxylic acids is 2. The van der Waals surface area contributed by atoms with Crippen LogP contribution >= 0.6 is 0 Å². The minimum atomic E-state index is -0.274. The molecule has 1 aliphatic rings. The quantitative estimate of drug-likeness (QED) is 0.530. The monoisotopic (exact) mass is 464 g/mol. The lowest BCUT2D eigenvalue weighted by Gasteiger charge is -2.22. The van der Waals surface area contributed by atoms with E-state index in [0.29, 0.717) is 25.3 Å². The average Bonchev–Trinajstić information content (AvgIpc) is 3.38. The Morgan fingerprint density at radius 2 is 2.09 bits per heavy atom. The largest absolute Gasteiger partial charge is 0.479 e. The summed E-state index contributed by atoms with van der Waals surface area (Å²) in [5.41, 5.74) is 11.1. The number of nitrogens with two attached hydrogens (primary N) is 1. The van der Waals surface area contributed by atoms with Crippen LogP contribution in [0.25, 0.3) is 11.0 Å². The number of fused-ring (bicyclic) bond motifs is 1. The molecule has 3 N–H and O–H groups in total. The summed E-state index contributed by atoms with van der Waals surface area (Å²) in [6, 6.07) is 7.54. The third-order valence-electron chi connectivity index (χ3n) is 6.61. The van der Waals surface area contributed by atoms with Crippen LogP contribution in [0.2, 0.25) is 0 Å². The van der Waals surface area contributed by atoms with Crippen molar-refractivity contribution >= 4 is 28.5 Å². The van der Waals surface area contributed by atoms with Gasteiger partial charge in [-0.1, -0.05) is 12.1 Å². The summed E-state index contributed by atoms with van der Waals surface area (Å²) in [4.78, 5) is 31.2. The summed E-state index contributed by atoms with van der Waals surface area (Å²) >= 11 is 0. The van der Waals surface area contributed by atoms with Crippen LogP contribution in [0.15, 0.2) is 24.3 Å². The summed E-state index contributed by atoms with van der Waals surface area (Å²) in [7, 11) is 3.44. The number of methoxy groups -OCH3 is 1. The number of carbonyl (C=O) groups is 2. The van der Waals surface area contributed by atoms with Crippen molar-refractivity contribution in [2.75, 3.05) is 19.0 Å². The van der Waals surface area contributed by atoms with Crippen LogP contribution in [0.4, 0.5) is 5.69 Å². The summed E-state index contributed by atoms with van der Waals surface area (Å²) in [5, 5.41) is 8.27. The van der Waals surface area contributed by atoms with Crippen LogP contribution in [0.5, 0.6) is 5.88 Å². The Morgan fingerprint density at radius 3 is 2.82 bits per heavy atom. The molecule has 1 unspecified atom stereocenters. The first-order valence-corrected chi connectivity index (χ1v) is 11.6. The van der Waals surface area contributed by atoms with Crippen molar-refractivity contribution in [1.82, 2.24) is 19.7 Å². The van der Waals surface area contributed by atoms with E-state index in [1.807, 2.05) is 45.2 Å². The van der Waals surface area contributed by atoms with Gasteiger partial charge in [-0.2, -0.15) is 0 Å². The zero-order valence-electron chi connectivity index (χ0n) is 20.2. The second-order valence-corrected chi connectivity index (χ2v) is 8.91. The SMILES string of the molecule is COc1nn(C)c2nc(C)c(CCC(=O)Nc3cccc(CN4CCCC4C(N)=O)c3)c(C)c12. The standard InChI is InChI=1S/C25H32N6O3/c1-15-19(16(2)27-24-22(15)25(34-4)29-30(24)3)10-11-21(32)28-18-8-5-7-17(13-18)14-31-12-6-9-20(31)23(26)33/h5,7-8,13,20H,6,9-12,14H2,1-4H3,(H2,26,33)(H,28,32). The molecule has 9 heteroatoms. The van der Waals surface area contributed by atoms with Gasteiger partial charge in [0.15, 0.2) is 5.65 Å². The average molecular weight is 465 g/mol. The van der Waals surface area contributed by atoms with E-state index >= 15 is 0 Å². The Hall–Kier alpha value is -3.46. The zero-order chi connectivity index (χ0) is 24.4. The molecule has 0 aliphatic carbocycles. The van der Waals surface area contributed by atoms with Crippen molar-refractivity contribution in [2.24, 2.45) is 12.8 Å². The van der Waals surface area contributed by atoms with Gasteiger partial charge in [0.2, 0.25) is 17.7 Å². The van der Waals surface area contributed by atoms with Crippen molar-refractivity contribution in [3.63, 3.8) is 0 Å². The molecule has 9 nitrogen and oxygen atoms in total. The minimum absolute atomic E-state index is 0.0645. The maximum atomic E-state index is 12.8. The van der Waals surface area contributed by atoms with Gasteiger partial charge >= 0.3 is 0 Å². The van der Waals surface area contributed by atoms with Crippen LogP contribution in [0.3, 0.4) is 0 Å². The maximum Gasteiger partial charge on any atom is 0.242 e. The lowest BCUT2D eigenvalue weighted by Crippen LogP contribution is -2.39. The number of amides is 2. The number of aryl methyl sites for hydroxylation is 3. The van der Waals surface area contributed by atoms with E-state index in [4.69, 9.17) is 15.5 Å². The van der Waals surface area contributed by atoms with Crippen LogP contribution in [0.1, 0.15) is 41.6 Å². The maximum absolute atomic E-state index is 12.8. The lowest BCUT2D eigenvalue weighted by molar-refractivity contribution is -0.122. The second-order valence-electron chi connectivity index (χ2n) is 8.91. The molecule has 1 aliphatic heterocycles. The van der Waals surface area contributed by atoms with Gasteiger partial charge in [-0.05, 0) is 68.5 Å². The third-order valence-corrected chi connectivity index (χ3v) is 6.61. The molecule has 1 aromatic carbocycles. The minimum Gasteiger partial charge on any atom is -0.479 e. The number of hydrogen-bond acceptors (Lipinski definition) is 6. The number of likely N-dealkylation sites (tertiary alicyclic amines) is 1. The van der Waals surface area contributed by atoms with Crippen molar-refractivity contribution in [1.29, 1.82) is 0 Å². The molecule has 1 saturated heterocycles. The van der Waals surface area contributed by atoms with Crippen molar-refractivity contribution < 1.29 is 14.3 Å². The first kappa shape index (κ1) is 23.7. The van der Waals surface area contributed by atoms with E-state index in [-0.39, 0.29) is 17.9 Å². The van der Waals surface area contributed by atoms with Crippen LogP contribution < -0.4 is 15.8 Å². The van der Waals surface area contributed by atoms with Gasteiger partial charge < -0.3 is 15.8 Å². The van der Waals surface area contributed by atoms with Crippen LogP contribution in [-0.2, 0) is 29.6 Å². The molecule has 0 bridgehead atoms. The Balaban J connectivity index is 1.42. The van der Waals surface area contributed by atoms with E-state index in [9.17, 15) is 9.59 Å². The molecule has 0 saturated carbocycles. The van der Waals surface area contributed by atoms with E-state index in [1.54, 1.807) is 11.8 Å². The highest BCUT2D eigenvalue weighted by Gasteiger charge is 2.28. The topological polar surface area (TPSA) is 115 Å². The van der Waals surface area contributed by atoms with Gasteiger partial charge in [-0.3, -0.25) is 14.5 Å². The number of pyridine rings is 1. The number of ether oxygens (including phenoxy) is 1. The molecule has 4 rings (SSSR count). The van der Waals surface area contributed by atoms with Gasteiger partial charge in [-0.15, -0.1) is 5.10 Å². The molecule has 0 radical (unpaired) electrons. The summed E-state index contributed by atoms with van der Waals surface area (Å²) in [5.74, 6) is 0.205. The molecule has 3 aromatic rings. The Kier molecular flexibility index (Phi) is 6.83. The molecule has 2 aromatic heterocycles. The molecule has 1 fully saturated rings. The molecule has 180 valence electrons. The van der Waals surface area contributed by atoms with E-state index < -0.39 is 0 Å². The second kappa shape index (κ2) is 9.80. The first-order chi connectivity index (χ1) is 16.3. The predicted molar refractivity (Wildman–Crippen MR) is 131 cm³/mol. The van der Waals surface area contributed by atoms with Crippen molar-refractivity contribution in [3.05, 3.63) is 46.6 Å². The number of primary amides is 1. The molecule has 2 amide bonds. The fourth-order valence-corrected chi connectivity index (χ4v) is 4.89. The van der Waals surface area contributed by atoms with Gasteiger partial charge in [0.1, 0.15) is 0 Å². The van der Waals surface area contributed by atoms with E-state index in [0.717, 1.165) is 58.5 Å². The molecule has 3 heterocycles.